The number of carbonyl (C=O) groups excluding carboxylic acids is 1. The number of thiophene rings is 1. The predicted molar refractivity (Wildman–Crippen MR) is 107 cm³/mol. The second-order valence-electron chi connectivity index (χ2n) is 7.45. The van der Waals surface area contributed by atoms with Crippen LogP contribution < -0.4 is 10.9 Å². The Morgan fingerprint density at radius 2 is 2.19 bits per heavy atom. The minimum atomic E-state index is -0.282. The van der Waals surface area contributed by atoms with Crippen LogP contribution in [0, 0.1) is 19.8 Å². The van der Waals surface area contributed by atoms with Crippen LogP contribution in [0.4, 0.5) is 5.69 Å². The summed E-state index contributed by atoms with van der Waals surface area (Å²) in [6.45, 7) is 6.04. The fraction of sp³-hybridized carbons (Fsp3) is 0.400. The number of rotatable bonds is 3. The molecular formula is C20H22N4O2S. The summed E-state index contributed by atoms with van der Waals surface area (Å²) < 4.78 is 1.17. The van der Waals surface area contributed by atoms with Crippen LogP contribution >= 0.6 is 11.3 Å². The average molecular weight is 382 g/mol. The molecule has 2 heterocycles. The smallest absolute Gasteiger partial charge is 0.279 e. The SMILES string of the molecule is Cc1ccc(NC(=O)Cn2nnc3sc4c(c3c2=O)CC[C@H](C)C4)c(C)c1. The molecule has 0 fully saturated rings. The third-order valence-electron chi connectivity index (χ3n) is 5.13. The molecule has 27 heavy (non-hydrogen) atoms. The number of hydrogen-bond acceptors (Lipinski definition) is 5. The standard InChI is InChI=1S/C20H22N4O2S/c1-11-5-7-15(13(3)8-11)21-17(25)10-24-20(26)18-14-6-4-12(2)9-16(14)27-19(18)22-23-24/h5,7-8,12H,4,6,9-10H2,1-3H3,(H,21,25)/t12-/m0/s1. The molecular weight excluding hydrogens is 360 g/mol. The van der Waals surface area contributed by atoms with Crippen LogP contribution in [0.5, 0.6) is 0 Å². The van der Waals surface area contributed by atoms with Crippen LogP contribution in [0.2, 0.25) is 0 Å². The predicted octanol–water partition coefficient (Wildman–Crippen LogP) is 3.23. The van der Waals surface area contributed by atoms with Gasteiger partial charge < -0.3 is 5.32 Å². The van der Waals surface area contributed by atoms with E-state index in [0.717, 1.165) is 41.6 Å². The summed E-state index contributed by atoms with van der Waals surface area (Å²) in [5, 5.41) is 11.7. The average Bonchev–Trinajstić information content (AvgIpc) is 2.98. The Morgan fingerprint density at radius 3 is 2.96 bits per heavy atom. The summed E-state index contributed by atoms with van der Waals surface area (Å²) in [5.41, 5.74) is 3.75. The Bertz CT molecular complexity index is 1100. The molecule has 1 N–H and O–H groups in total. The van der Waals surface area contributed by atoms with Crippen molar-refractivity contribution in [3.05, 3.63) is 50.1 Å². The van der Waals surface area contributed by atoms with Crippen LogP contribution in [0.25, 0.3) is 10.2 Å². The van der Waals surface area contributed by atoms with Gasteiger partial charge in [-0.2, -0.15) is 0 Å². The van der Waals surface area contributed by atoms with Crippen molar-refractivity contribution in [2.24, 2.45) is 5.92 Å². The van der Waals surface area contributed by atoms with Gasteiger partial charge >= 0.3 is 0 Å². The maximum absolute atomic E-state index is 12.9. The summed E-state index contributed by atoms with van der Waals surface area (Å²) in [6.07, 6.45) is 2.96. The first kappa shape index (κ1) is 17.9. The minimum Gasteiger partial charge on any atom is -0.324 e. The van der Waals surface area contributed by atoms with Crippen LogP contribution in [-0.2, 0) is 24.2 Å². The largest absolute Gasteiger partial charge is 0.324 e. The first-order valence-electron chi connectivity index (χ1n) is 9.17. The zero-order chi connectivity index (χ0) is 19.1. The summed E-state index contributed by atoms with van der Waals surface area (Å²) in [7, 11) is 0. The van der Waals surface area contributed by atoms with E-state index in [1.165, 1.54) is 9.56 Å². The Kier molecular flexibility index (Phi) is 4.55. The lowest BCUT2D eigenvalue weighted by Gasteiger charge is -2.17. The number of fused-ring (bicyclic) bond motifs is 3. The summed E-state index contributed by atoms with van der Waals surface area (Å²) in [5.74, 6) is 0.347. The van der Waals surface area contributed by atoms with Gasteiger partial charge in [-0.15, -0.1) is 16.4 Å². The van der Waals surface area contributed by atoms with Gasteiger partial charge in [0.2, 0.25) is 5.91 Å². The molecule has 0 radical (unpaired) electrons. The van der Waals surface area contributed by atoms with E-state index >= 15 is 0 Å². The van der Waals surface area contributed by atoms with E-state index in [-0.39, 0.29) is 18.0 Å². The Labute approximate surface area is 161 Å². The fourth-order valence-corrected chi connectivity index (χ4v) is 4.99. The third-order valence-corrected chi connectivity index (χ3v) is 6.27. The molecule has 1 amide bonds. The maximum atomic E-state index is 12.9. The number of aromatic nitrogens is 3. The van der Waals surface area contributed by atoms with Gasteiger partial charge in [0, 0.05) is 10.6 Å². The highest BCUT2D eigenvalue weighted by molar-refractivity contribution is 7.18. The van der Waals surface area contributed by atoms with E-state index in [1.54, 1.807) is 11.3 Å². The van der Waals surface area contributed by atoms with E-state index in [4.69, 9.17) is 0 Å². The van der Waals surface area contributed by atoms with Crippen LogP contribution in [0.15, 0.2) is 23.0 Å². The molecule has 4 rings (SSSR count). The second-order valence-corrected chi connectivity index (χ2v) is 8.53. The molecule has 0 saturated carbocycles. The highest BCUT2D eigenvalue weighted by atomic mass is 32.1. The van der Waals surface area contributed by atoms with Crippen LogP contribution in [0.1, 0.15) is 34.9 Å². The molecule has 1 aromatic carbocycles. The molecule has 0 unspecified atom stereocenters. The highest BCUT2D eigenvalue weighted by Crippen LogP contribution is 2.35. The van der Waals surface area contributed by atoms with Gasteiger partial charge in [0.25, 0.3) is 5.56 Å². The number of nitrogens with zero attached hydrogens (tertiary/aromatic N) is 3. The molecule has 0 aliphatic heterocycles. The Morgan fingerprint density at radius 1 is 1.37 bits per heavy atom. The van der Waals surface area contributed by atoms with Gasteiger partial charge in [-0.3, -0.25) is 9.59 Å². The minimum absolute atomic E-state index is 0.143. The van der Waals surface area contributed by atoms with Gasteiger partial charge in [0.05, 0.1) is 5.39 Å². The fourth-order valence-electron chi connectivity index (χ4n) is 3.67. The lowest BCUT2D eigenvalue weighted by Crippen LogP contribution is -2.30. The summed E-state index contributed by atoms with van der Waals surface area (Å²) in [6, 6.07) is 5.82. The van der Waals surface area contributed by atoms with Crippen molar-refractivity contribution in [3.63, 3.8) is 0 Å². The molecule has 3 aromatic rings. The molecule has 1 aliphatic rings. The van der Waals surface area contributed by atoms with Gasteiger partial charge in [-0.25, -0.2) is 4.68 Å². The first-order valence-corrected chi connectivity index (χ1v) is 9.99. The number of hydrogen-bond donors (Lipinski definition) is 1. The van der Waals surface area contributed by atoms with E-state index < -0.39 is 0 Å². The van der Waals surface area contributed by atoms with E-state index in [1.807, 2.05) is 32.0 Å². The monoisotopic (exact) mass is 382 g/mol. The van der Waals surface area contributed by atoms with E-state index in [0.29, 0.717) is 16.1 Å². The van der Waals surface area contributed by atoms with Gasteiger partial charge in [-0.1, -0.05) is 29.8 Å². The number of aryl methyl sites for hydroxylation is 3. The van der Waals surface area contributed by atoms with Gasteiger partial charge in [0.15, 0.2) is 4.83 Å². The lowest BCUT2D eigenvalue weighted by molar-refractivity contribution is -0.117. The molecule has 0 bridgehead atoms. The number of amides is 1. The Hall–Kier alpha value is -2.54. The topological polar surface area (TPSA) is 76.9 Å². The quantitative estimate of drug-likeness (QED) is 0.754. The molecule has 140 valence electrons. The maximum Gasteiger partial charge on any atom is 0.279 e. The van der Waals surface area contributed by atoms with E-state index in [2.05, 4.69) is 22.6 Å². The molecule has 6 nitrogen and oxygen atoms in total. The lowest BCUT2D eigenvalue weighted by atomic mass is 9.89. The zero-order valence-electron chi connectivity index (χ0n) is 15.7. The molecule has 1 aliphatic carbocycles. The van der Waals surface area contributed by atoms with Crippen LogP contribution in [-0.4, -0.2) is 20.9 Å². The first-order chi connectivity index (χ1) is 12.9. The Balaban J connectivity index is 1.61. The molecule has 0 saturated heterocycles. The number of anilines is 1. The number of carbonyl (C=O) groups is 1. The van der Waals surface area contributed by atoms with Crippen molar-refractivity contribution >= 4 is 33.1 Å². The van der Waals surface area contributed by atoms with E-state index in [9.17, 15) is 9.59 Å². The summed E-state index contributed by atoms with van der Waals surface area (Å²) >= 11 is 1.56. The van der Waals surface area contributed by atoms with Crippen molar-refractivity contribution in [1.29, 1.82) is 0 Å². The zero-order valence-corrected chi connectivity index (χ0v) is 16.5. The highest BCUT2D eigenvalue weighted by Gasteiger charge is 2.24. The second kappa shape index (κ2) is 6.88. The molecule has 2 aromatic heterocycles. The number of benzene rings is 1. The van der Waals surface area contributed by atoms with Crippen molar-refractivity contribution < 1.29 is 4.79 Å². The number of nitrogens with one attached hydrogen (secondary N) is 1. The molecule has 0 spiro atoms. The molecule has 1 atom stereocenters. The van der Waals surface area contributed by atoms with Crippen molar-refractivity contribution in [2.75, 3.05) is 5.32 Å². The van der Waals surface area contributed by atoms with Crippen molar-refractivity contribution in [2.45, 2.75) is 46.6 Å². The van der Waals surface area contributed by atoms with Crippen molar-refractivity contribution in [1.82, 2.24) is 15.0 Å². The van der Waals surface area contributed by atoms with Gasteiger partial charge in [-0.05, 0) is 56.2 Å². The molecule has 7 heteroatoms. The third kappa shape index (κ3) is 3.39. The van der Waals surface area contributed by atoms with Crippen LogP contribution in [0.3, 0.4) is 0 Å². The summed E-state index contributed by atoms with van der Waals surface area (Å²) in [4.78, 5) is 27.3. The van der Waals surface area contributed by atoms with Gasteiger partial charge in [0.1, 0.15) is 6.54 Å². The van der Waals surface area contributed by atoms with Crippen molar-refractivity contribution in [3.8, 4) is 0 Å². The normalized spacial score (nSPS) is 16.3.